The lowest BCUT2D eigenvalue weighted by atomic mass is 9.70. The van der Waals surface area contributed by atoms with E-state index in [9.17, 15) is 4.79 Å². The zero-order valence-corrected chi connectivity index (χ0v) is 13.6. The van der Waals surface area contributed by atoms with Crippen LogP contribution in [0.2, 0.25) is 0 Å². The van der Waals surface area contributed by atoms with Gasteiger partial charge >= 0.3 is 0 Å². The van der Waals surface area contributed by atoms with Gasteiger partial charge in [-0.2, -0.15) is 5.10 Å². The van der Waals surface area contributed by atoms with Crippen molar-refractivity contribution in [3.05, 3.63) is 28.7 Å². The third-order valence-electron chi connectivity index (χ3n) is 5.44. The Bertz CT molecular complexity index is 591. The highest BCUT2D eigenvalue weighted by Gasteiger charge is 2.65. The van der Waals surface area contributed by atoms with Crippen LogP contribution in [0.15, 0.2) is 33.8 Å². The number of rotatable bonds is 2. The molecule has 106 valence electrons. The van der Waals surface area contributed by atoms with E-state index in [0.29, 0.717) is 0 Å². The molecule has 1 aromatic carbocycles. The van der Waals surface area contributed by atoms with Crippen LogP contribution in [0.4, 0.5) is 5.69 Å². The Morgan fingerprint density at radius 1 is 1.25 bits per heavy atom. The van der Waals surface area contributed by atoms with Gasteiger partial charge < -0.3 is 0 Å². The van der Waals surface area contributed by atoms with Gasteiger partial charge in [-0.15, -0.1) is 0 Å². The van der Waals surface area contributed by atoms with Crippen molar-refractivity contribution in [1.29, 1.82) is 0 Å². The van der Waals surface area contributed by atoms with Crippen LogP contribution in [0, 0.1) is 16.7 Å². The first-order valence-electron chi connectivity index (χ1n) is 7.00. The van der Waals surface area contributed by atoms with E-state index in [2.05, 4.69) is 47.2 Å². The molecule has 1 N–H and O–H groups in total. The van der Waals surface area contributed by atoms with Crippen molar-refractivity contribution in [1.82, 2.24) is 0 Å². The summed E-state index contributed by atoms with van der Waals surface area (Å²) in [6.07, 6.45) is 2.05. The molecule has 0 heterocycles. The Kier molecular flexibility index (Phi) is 3.05. The smallest absolute Gasteiger partial charge is 0.185 e. The van der Waals surface area contributed by atoms with Crippen molar-refractivity contribution < 1.29 is 4.79 Å². The Hall–Kier alpha value is -1.16. The number of Topliss-reactive ketones (excluding diaryl/α,β-unsaturated/α-hetero) is 1. The molecule has 0 unspecified atom stereocenters. The fraction of sp³-hybridized carbons (Fsp3) is 0.500. The largest absolute Gasteiger partial charge is 0.292 e. The minimum Gasteiger partial charge on any atom is -0.292 e. The van der Waals surface area contributed by atoms with E-state index in [-0.39, 0.29) is 22.5 Å². The fourth-order valence-electron chi connectivity index (χ4n) is 3.60. The van der Waals surface area contributed by atoms with Crippen LogP contribution < -0.4 is 5.43 Å². The Morgan fingerprint density at radius 3 is 2.45 bits per heavy atom. The Morgan fingerprint density at radius 2 is 1.90 bits per heavy atom. The van der Waals surface area contributed by atoms with Crippen LogP contribution in [0.5, 0.6) is 0 Å². The molecule has 0 amide bonds. The minimum absolute atomic E-state index is 0.0182. The average molecular weight is 335 g/mol. The lowest BCUT2D eigenvalue weighted by Crippen LogP contribution is -2.33. The van der Waals surface area contributed by atoms with Crippen LogP contribution in [0.25, 0.3) is 0 Å². The van der Waals surface area contributed by atoms with E-state index in [1.807, 2.05) is 24.3 Å². The number of anilines is 1. The highest BCUT2D eigenvalue weighted by Crippen LogP contribution is 2.62. The summed E-state index contributed by atoms with van der Waals surface area (Å²) in [4.78, 5) is 12.6. The minimum atomic E-state index is -0.238. The molecule has 0 aliphatic heterocycles. The maximum absolute atomic E-state index is 12.6. The maximum atomic E-state index is 12.6. The molecular formula is C16H19BrN2O. The number of carbonyl (C=O) groups excluding carboxylic acids is 1. The number of hydrazone groups is 1. The summed E-state index contributed by atoms with van der Waals surface area (Å²) in [5.74, 6) is 0.506. The summed E-state index contributed by atoms with van der Waals surface area (Å²) < 4.78 is 1.03. The van der Waals surface area contributed by atoms with Gasteiger partial charge in [0.1, 0.15) is 5.71 Å². The first kappa shape index (κ1) is 13.8. The van der Waals surface area contributed by atoms with Crippen LogP contribution >= 0.6 is 15.9 Å². The normalized spacial score (nSPS) is 32.9. The van der Waals surface area contributed by atoms with E-state index in [0.717, 1.165) is 28.7 Å². The molecule has 1 aromatic rings. The molecule has 2 atom stereocenters. The molecule has 2 saturated carbocycles. The lowest BCUT2D eigenvalue weighted by molar-refractivity contribution is -0.123. The number of fused-ring (bicyclic) bond motifs is 2. The number of benzene rings is 1. The third-order valence-corrected chi connectivity index (χ3v) is 5.97. The summed E-state index contributed by atoms with van der Waals surface area (Å²) in [5.41, 5.74) is 4.44. The molecular weight excluding hydrogens is 316 g/mol. The number of nitrogens with one attached hydrogen (secondary N) is 1. The van der Waals surface area contributed by atoms with Gasteiger partial charge in [0.15, 0.2) is 5.78 Å². The number of hydrogen-bond donors (Lipinski definition) is 1. The van der Waals surface area contributed by atoms with Gasteiger partial charge in [-0.05, 0) is 42.5 Å². The van der Waals surface area contributed by atoms with Crippen molar-refractivity contribution in [3.8, 4) is 0 Å². The Labute approximate surface area is 128 Å². The van der Waals surface area contributed by atoms with Crippen molar-refractivity contribution >= 4 is 33.1 Å². The topological polar surface area (TPSA) is 41.5 Å². The van der Waals surface area contributed by atoms with Crippen molar-refractivity contribution in [2.45, 2.75) is 33.6 Å². The fourth-order valence-corrected chi connectivity index (χ4v) is 3.87. The molecule has 2 aliphatic rings. The SMILES string of the molecule is CC1(C)[C@@H]2CC[C@]1(C)C(=O)/C2=N/Nc1ccc(Br)cc1. The van der Waals surface area contributed by atoms with E-state index >= 15 is 0 Å². The molecule has 0 radical (unpaired) electrons. The van der Waals surface area contributed by atoms with Crippen molar-refractivity contribution in [2.75, 3.05) is 5.43 Å². The van der Waals surface area contributed by atoms with E-state index in [1.165, 1.54) is 0 Å². The quantitative estimate of drug-likeness (QED) is 0.821. The van der Waals surface area contributed by atoms with Crippen molar-refractivity contribution in [3.63, 3.8) is 0 Å². The molecule has 2 aliphatic carbocycles. The number of ketones is 1. The van der Waals surface area contributed by atoms with E-state index in [4.69, 9.17) is 0 Å². The van der Waals surface area contributed by atoms with Gasteiger partial charge in [-0.3, -0.25) is 10.2 Å². The second-order valence-electron chi connectivity index (χ2n) is 6.59. The van der Waals surface area contributed by atoms with Crippen LogP contribution in [-0.2, 0) is 4.79 Å². The van der Waals surface area contributed by atoms with Gasteiger partial charge in [0.05, 0.1) is 5.69 Å². The zero-order valence-electron chi connectivity index (χ0n) is 12.0. The number of carbonyl (C=O) groups is 1. The van der Waals surface area contributed by atoms with Crippen LogP contribution in [-0.4, -0.2) is 11.5 Å². The first-order valence-corrected chi connectivity index (χ1v) is 7.79. The summed E-state index contributed by atoms with van der Waals surface area (Å²) in [5, 5.41) is 4.43. The van der Waals surface area contributed by atoms with Crippen LogP contribution in [0.3, 0.4) is 0 Å². The van der Waals surface area contributed by atoms with Gasteiger partial charge in [0.2, 0.25) is 0 Å². The molecule has 0 spiro atoms. The Balaban J connectivity index is 1.87. The molecule has 0 saturated heterocycles. The second-order valence-corrected chi connectivity index (χ2v) is 7.51. The van der Waals surface area contributed by atoms with E-state index in [1.54, 1.807) is 0 Å². The zero-order chi connectivity index (χ0) is 14.5. The monoisotopic (exact) mass is 334 g/mol. The molecule has 0 aromatic heterocycles. The molecule has 3 nitrogen and oxygen atoms in total. The van der Waals surface area contributed by atoms with Gasteiger partial charge in [-0.1, -0.05) is 36.7 Å². The molecule has 2 fully saturated rings. The molecule has 2 bridgehead atoms. The molecule has 3 rings (SSSR count). The molecule has 4 heteroatoms. The first-order chi connectivity index (χ1) is 9.36. The number of nitrogens with zero attached hydrogens (tertiary/aromatic N) is 1. The average Bonchev–Trinajstić information content (AvgIpc) is 2.71. The number of halogens is 1. The van der Waals surface area contributed by atoms with Crippen LogP contribution in [0.1, 0.15) is 33.6 Å². The summed E-state index contributed by atoms with van der Waals surface area (Å²) in [7, 11) is 0. The summed E-state index contributed by atoms with van der Waals surface area (Å²) in [6, 6.07) is 7.80. The van der Waals surface area contributed by atoms with Crippen molar-refractivity contribution in [2.24, 2.45) is 21.8 Å². The van der Waals surface area contributed by atoms with E-state index < -0.39 is 0 Å². The highest BCUT2D eigenvalue weighted by atomic mass is 79.9. The molecule has 20 heavy (non-hydrogen) atoms. The predicted molar refractivity (Wildman–Crippen MR) is 84.8 cm³/mol. The summed E-state index contributed by atoms with van der Waals surface area (Å²) in [6.45, 7) is 6.49. The number of hydrogen-bond acceptors (Lipinski definition) is 3. The second kappa shape index (κ2) is 4.42. The predicted octanol–water partition coefficient (Wildman–Crippen LogP) is 4.24. The summed E-state index contributed by atoms with van der Waals surface area (Å²) >= 11 is 3.40. The third kappa shape index (κ3) is 1.77. The van der Waals surface area contributed by atoms with Gasteiger partial charge in [0, 0.05) is 15.8 Å². The maximum Gasteiger partial charge on any atom is 0.185 e. The lowest BCUT2D eigenvalue weighted by Gasteiger charge is -2.31. The highest BCUT2D eigenvalue weighted by molar-refractivity contribution is 9.10. The standard InChI is InChI=1S/C16H19BrN2O/c1-15(2)12-8-9-16(15,3)14(20)13(12)19-18-11-6-4-10(17)5-7-11/h4-7,12,18H,8-9H2,1-3H3/b19-13+/t12-,16-/m1/s1. The van der Waals surface area contributed by atoms with Gasteiger partial charge in [0.25, 0.3) is 0 Å². The van der Waals surface area contributed by atoms with Gasteiger partial charge in [-0.25, -0.2) is 0 Å².